The largest absolute Gasteiger partial charge is 0.465 e. The van der Waals surface area contributed by atoms with Crippen LogP contribution in [-0.4, -0.2) is 18.0 Å². The van der Waals surface area contributed by atoms with E-state index >= 15 is 0 Å². The highest BCUT2D eigenvalue weighted by Crippen LogP contribution is 2.36. The van der Waals surface area contributed by atoms with Crippen LogP contribution in [0.1, 0.15) is 21.5 Å². The first kappa shape index (κ1) is 14.4. The minimum atomic E-state index is -4.98. The van der Waals surface area contributed by atoms with E-state index in [1.807, 2.05) is 0 Å². The Morgan fingerprint density at radius 2 is 2.05 bits per heavy atom. The van der Waals surface area contributed by atoms with Crippen LogP contribution in [0.2, 0.25) is 0 Å². The number of rotatable bonds is 2. The summed E-state index contributed by atoms with van der Waals surface area (Å²) in [5, 5.41) is 19.2. The van der Waals surface area contributed by atoms with Crippen molar-refractivity contribution in [1.29, 1.82) is 5.26 Å². The number of halogens is 3. The van der Waals surface area contributed by atoms with Crippen LogP contribution in [0.4, 0.5) is 18.9 Å². The number of alkyl halides is 3. The van der Waals surface area contributed by atoms with Crippen molar-refractivity contribution in [3.8, 4) is 6.07 Å². The molecule has 19 heavy (non-hydrogen) atoms. The Hall–Kier alpha value is -2.63. The summed E-state index contributed by atoms with van der Waals surface area (Å²) in [5.41, 5.74) is -4.15. The quantitative estimate of drug-likeness (QED) is 0.468. The number of ether oxygens (including phenoxy) is 1. The Bertz CT molecular complexity index is 590. The first-order chi connectivity index (χ1) is 8.72. The molecule has 9 heteroatoms. The third-order valence-electron chi connectivity index (χ3n) is 2.16. The fraction of sp³-hybridized carbons (Fsp3) is 0.200. The average molecular weight is 274 g/mol. The summed E-state index contributed by atoms with van der Waals surface area (Å²) in [4.78, 5) is 20.7. The number of nitrogens with zero attached hydrogens (tertiary/aromatic N) is 2. The summed E-state index contributed by atoms with van der Waals surface area (Å²) in [6, 6.07) is 1.99. The van der Waals surface area contributed by atoms with Gasteiger partial charge in [0.15, 0.2) is 0 Å². The van der Waals surface area contributed by atoms with Gasteiger partial charge in [-0.1, -0.05) is 0 Å². The van der Waals surface area contributed by atoms with Gasteiger partial charge in [0.2, 0.25) is 0 Å². The van der Waals surface area contributed by atoms with Crippen LogP contribution < -0.4 is 0 Å². The lowest BCUT2D eigenvalue weighted by atomic mass is 10.0. The van der Waals surface area contributed by atoms with E-state index < -0.39 is 39.4 Å². The van der Waals surface area contributed by atoms with Crippen molar-refractivity contribution in [3.63, 3.8) is 0 Å². The molecule has 0 fully saturated rings. The van der Waals surface area contributed by atoms with Gasteiger partial charge in [-0.3, -0.25) is 10.1 Å². The molecule has 0 radical (unpaired) electrons. The summed E-state index contributed by atoms with van der Waals surface area (Å²) in [5.74, 6) is -1.33. The Labute approximate surface area is 104 Å². The van der Waals surface area contributed by atoms with Gasteiger partial charge in [-0.05, 0) is 6.07 Å². The van der Waals surface area contributed by atoms with Crippen molar-refractivity contribution >= 4 is 11.7 Å². The van der Waals surface area contributed by atoms with Gasteiger partial charge in [0, 0.05) is 6.07 Å². The standard InChI is InChI=1S/C10H5F3N2O4/c1-19-9(16)6-2-5(4-14)8(15(17)18)3-7(6)10(11,12)13/h2-3H,1H3. The van der Waals surface area contributed by atoms with Crippen LogP contribution in [-0.2, 0) is 10.9 Å². The zero-order valence-electron chi connectivity index (χ0n) is 9.32. The number of hydrogen-bond acceptors (Lipinski definition) is 5. The number of benzene rings is 1. The first-order valence-electron chi connectivity index (χ1n) is 4.60. The van der Waals surface area contributed by atoms with Crippen molar-refractivity contribution in [3.05, 3.63) is 38.9 Å². The average Bonchev–Trinajstić information content (AvgIpc) is 2.34. The number of nitro benzene ring substituents is 1. The van der Waals surface area contributed by atoms with Crippen molar-refractivity contribution in [2.75, 3.05) is 7.11 Å². The number of carbonyl (C=O) groups excluding carboxylic acids is 1. The van der Waals surface area contributed by atoms with E-state index in [0.29, 0.717) is 6.07 Å². The lowest BCUT2D eigenvalue weighted by molar-refractivity contribution is -0.385. The fourth-order valence-corrected chi connectivity index (χ4v) is 1.34. The van der Waals surface area contributed by atoms with Crippen molar-refractivity contribution in [2.45, 2.75) is 6.18 Å². The van der Waals surface area contributed by atoms with E-state index in [-0.39, 0.29) is 6.07 Å². The van der Waals surface area contributed by atoms with Gasteiger partial charge in [-0.15, -0.1) is 0 Å². The van der Waals surface area contributed by atoms with Crippen LogP contribution in [0, 0.1) is 21.4 Å². The summed E-state index contributed by atoms with van der Waals surface area (Å²) in [6.07, 6.45) is -4.98. The summed E-state index contributed by atoms with van der Waals surface area (Å²) >= 11 is 0. The molecule has 0 amide bonds. The molecule has 0 spiro atoms. The Kier molecular flexibility index (Phi) is 3.75. The predicted octanol–water partition coefficient (Wildman–Crippen LogP) is 2.27. The predicted molar refractivity (Wildman–Crippen MR) is 54.2 cm³/mol. The van der Waals surface area contributed by atoms with Gasteiger partial charge in [-0.2, -0.15) is 18.4 Å². The number of nitriles is 1. The summed E-state index contributed by atoms with van der Waals surface area (Å²) in [7, 11) is 0.857. The molecule has 1 rings (SSSR count). The maximum Gasteiger partial charge on any atom is 0.417 e. The van der Waals surface area contributed by atoms with Gasteiger partial charge >= 0.3 is 12.1 Å². The molecule has 0 aliphatic carbocycles. The number of methoxy groups -OCH3 is 1. The Balaban J connectivity index is 3.69. The third-order valence-corrected chi connectivity index (χ3v) is 2.16. The number of hydrogen-bond donors (Lipinski definition) is 0. The van der Waals surface area contributed by atoms with Gasteiger partial charge in [0.25, 0.3) is 5.69 Å². The highest BCUT2D eigenvalue weighted by atomic mass is 19.4. The molecule has 0 saturated heterocycles. The van der Waals surface area contributed by atoms with Crippen LogP contribution in [0.25, 0.3) is 0 Å². The molecular weight excluding hydrogens is 269 g/mol. The number of carbonyl (C=O) groups is 1. The highest BCUT2D eigenvalue weighted by Gasteiger charge is 2.38. The van der Waals surface area contributed by atoms with E-state index in [2.05, 4.69) is 4.74 Å². The number of nitro groups is 1. The fourth-order valence-electron chi connectivity index (χ4n) is 1.34. The molecule has 1 aromatic carbocycles. The van der Waals surface area contributed by atoms with E-state index in [0.717, 1.165) is 7.11 Å². The normalized spacial score (nSPS) is 10.7. The van der Waals surface area contributed by atoms with E-state index in [1.54, 1.807) is 0 Å². The molecule has 0 saturated carbocycles. The SMILES string of the molecule is COC(=O)c1cc(C#N)c([N+](=O)[O-])cc1C(F)(F)F. The zero-order valence-corrected chi connectivity index (χ0v) is 9.32. The molecule has 100 valence electrons. The van der Waals surface area contributed by atoms with Crippen LogP contribution >= 0.6 is 0 Å². The first-order valence-corrected chi connectivity index (χ1v) is 4.60. The van der Waals surface area contributed by atoms with Crippen molar-refractivity contribution in [1.82, 2.24) is 0 Å². The van der Waals surface area contributed by atoms with E-state index in [1.165, 1.54) is 6.07 Å². The van der Waals surface area contributed by atoms with Gasteiger partial charge in [0.1, 0.15) is 11.6 Å². The van der Waals surface area contributed by atoms with Crippen molar-refractivity contribution in [2.24, 2.45) is 0 Å². The molecular formula is C10H5F3N2O4. The number of esters is 1. The Morgan fingerprint density at radius 3 is 2.42 bits per heavy atom. The van der Waals surface area contributed by atoms with Crippen LogP contribution in [0.15, 0.2) is 12.1 Å². The molecule has 0 bridgehead atoms. The molecule has 6 nitrogen and oxygen atoms in total. The molecule has 0 atom stereocenters. The maximum atomic E-state index is 12.7. The zero-order chi connectivity index (χ0) is 14.8. The second-order valence-corrected chi connectivity index (χ2v) is 3.27. The Morgan fingerprint density at radius 1 is 1.47 bits per heavy atom. The second-order valence-electron chi connectivity index (χ2n) is 3.27. The van der Waals surface area contributed by atoms with Crippen LogP contribution in [0.3, 0.4) is 0 Å². The topological polar surface area (TPSA) is 93.2 Å². The molecule has 0 aliphatic heterocycles. The van der Waals surface area contributed by atoms with Gasteiger partial charge < -0.3 is 4.74 Å². The highest BCUT2D eigenvalue weighted by molar-refractivity contribution is 5.92. The molecule has 0 unspecified atom stereocenters. The van der Waals surface area contributed by atoms with Gasteiger partial charge in [0.05, 0.1) is 23.2 Å². The molecule has 0 aromatic heterocycles. The molecule has 0 aliphatic rings. The summed E-state index contributed by atoms with van der Waals surface area (Å²) in [6.45, 7) is 0. The molecule has 1 aromatic rings. The van der Waals surface area contributed by atoms with Crippen LogP contribution in [0.5, 0.6) is 0 Å². The van der Waals surface area contributed by atoms with E-state index in [9.17, 15) is 28.1 Å². The second kappa shape index (κ2) is 4.93. The van der Waals surface area contributed by atoms with E-state index in [4.69, 9.17) is 5.26 Å². The monoisotopic (exact) mass is 274 g/mol. The minimum absolute atomic E-state index is 0.144. The third kappa shape index (κ3) is 2.79. The molecule has 0 heterocycles. The van der Waals surface area contributed by atoms with Gasteiger partial charge in [-0.25, -0.2) is 4.79 Å². The maximum absolute atomic E-state index is 12.7. The lowest BCUT2D eigenvalue weighted by Gasteiger charge is -2.11. The van der Waals surface area contributed by atoms with Crippen molar-refractivity contribution < 1.29 is 27.6 Å². The lowest BCUT2D eigenvalue weighted by Crippen LogP contribution is -2.15. The molecule has 0 N–H and O–H groups in total. The minimum Gasteiger partial charge on any atom is -0.465 e. The smallest absolute Gasteiger partial charge is 0.417 e. The summed E-state index contributed by atoms with van der Waals surface area (Å²) < 4.78 is 42.3.